The van der Waals surface area contributed by atoms with Gasteiger partial charge in [-0.1, -0.05) is 36.4 Å². The van der Waals surface area contributed by atoms with Crippen molar-refractivity contribution in [3.8, 4) is 5.69 Å². The first kappa shape index (κ1) is 20.2. The van der Waals surface area contributed by atoms with Crippen LogP contribution in [0, 0.1) is 0 Å². The van der Waals surface area contributed by atoms with Gasteiger partial charge in [0.1, 0.15) is 0 Å². The Bertz CT molecular complexity index is 923. The number of aromatic nitrogens is 2. The molecule has 1 aliphatic heterocycles. The van der Waals surface area contributed by atoms with Gasteiger partial charge in [0.05, 0.1) is 5.69 Å². The topological polar surface area (TPSA) is 57.5 Å². The van der Waals surface area contributed by atoms with E-state index in [1.165, 1.54) is 42.6 Å². The quantitative estimate of drug-likeness (QED) is 0.470. The van der Waals surface area contributed by atoms with Crippen LogP contribution < -0.4 is 10.6 Å². The molecule has 1 fully saturated rings. The van der Waals surface area contributed by atoms with Crippen LogP contribution in [0.5, 0.6) is 0 Å². The van der Waals surface area contributed by atoms with Crippen LogP contribution in [0.25, 0.3) is 5.69 Å². The van der Waals surface area contributed by atoms with E-state index in [2.05, 4.69) is 74.2 Å². The third-order valence-corrected chi connectivity index (χ3v) is 5.48. The minimum Gasteiger partial charge on any atom is -0.352 e. The lowest BCUT2D eigenvalue weighted by atomic mass is 10.1. The average molecular weight is 403 g/mol. The second kappa shape index (κ2) is 10.1. The third-order valence-electron chi connectivity index (χ3n) is 5.48. The maximum atomic E-state index is 4.34. The summed E-state index contributed by atoms with van der Waals surface area (Å²) >= 11 is 0. The van der Waals surface area contributed by atoms with Crippen molar-refractivity contribution >= 4 is 5.96 Å². The Kier molecular flexibility index (Phi) is 6.77. The summed E-state index contributed by atoms with van der Waals surface area (Å²) in [5.41, 5.74) is 4.90. The van der Waals surface area contributed by atoms with Crippen molar-refractivity contribution < 1.29 is 0 Å². The van der Waals surface area contributed by atoms with Crippen molar-refractivity contribution in [2.24, 2.45) is 4.99 Å². The van der Waals surface area contributed by atoms with Gasteiger partial charge in [0, 0.05) is 39.1 Å². The summed E-state index contributed by atoms with van der Waals surface area (Å²) in [6.45, 7) is 5.00. The minimum atomic E-state index is 0.716. The van der Waals surface area contributed by atoms with E-state index < -0.39 is 0 Å². The molecule has 6 nitrogen and oxygen atoms in total. The van der Waals surface area contributed by atoms with Crippen LogP contribution in [0.15, 0.2) is 72.0 Å². The molecule has 0 spiro atoms. The Balaban J connectivity index is 1.23. The highest BCUT2D eigenvalue weighted by atomic mass is 15.3. The van der Waals surface area contributed by atoms with E-state index in [9.17, 15) is 0 Å². The first-order valence-corrected chi connectivity index (χ1v) is 10.6. The number of guanidine groups is 1. The van der Waals surface area contributed by atoms with Gasteiger partial charge in [-0.3, -0.25) is 9.89 Å². The van der Waals surface area contributed by atoms with Crippen molar-refractivity contribution in [1.29, 1.82) is 0 Å². The molecule has 6 heteroatoms. The molecule has 1 saturated heterocycles. The second-order valence-corrected chi connectivity index (χ2v) is 7.70. The fourth-order valence-electron chi connectivity index (χ4n) is 3.74. The predicted octanol–water partition coefficient (Wildman–Crippen LogP) is 3.33. The van der Waals surface area contributed by atoms with Gasteiger partial charge in [-0.15, -0.1) is 0 Å². The van der Waals surface area contributed by atoms with Gasteiger partial charge in [-0.2, -0.15) is 5.10 Å². The molecule has 156 valence electrons. The molecule has 2 aromatic carbocycles. The summed E-state index contributed by atoms with van der Waals surface area (Å²) in [5.74, 6) is 0.798. The summed E-state index contributed by atoms with van der Waals surface area (Å²) in [5, 5.41) is 11.0. The van der Waals surface area contributed by atoms with Crippen LogP contribution in [0.2, 0.25) is 0 Å². The Morgan fingerprint density at radius 2 is 1.50 bits per heavy atom. The lowest BCUT2D eigenvalue weighted by molar-refractivity contribution is 0.331. The Morgan fingerprint density at radius 3 is 2.07 bits per heavy atom. The van der Waals surface area contributed by atoms with Gasteiger partial charge in [0.2, 0.25) is 0 Å². The van der Waals surface area contributed by atoms with E-state index in [0.717, 1.165) is 24.7 Å². The van der Waals surface area contributed by atoms with Gasteiger partial charge in [0.15, 0.2) is 5.96 Å². The molecule has 0 saturated carbocycles. The number of likely N-dealkylation sites (tertiary alicyclic amines) is 1. The second-order valence-electron chi connectivity index (χ2n) is 7.70. The molecule has 1 aliphatic rings. The molecular formula is C24H30N6. The van der Waals surface area contributed by atoms with Gasteiger partial charge >= 0.3 is 0 Å². The zero-order valence-corrected chi connectivity index (χ0v) is 17.6. The molecule has 0 atom stereocenters. The largest absolute Gasteiger partial charge is 0.352 e. The van der Waals surface area contributed by atoms with Crippen LogP contribution >= 0.6 is 0 Å². The maximum absolute atomic E-state index is 4.34. The van der Waals surface area contributed by atoms with E-state index in [1.54, 1.807) is 13.2 Å². The Morgan fingerprint density at radius 1 is 0.900 bits per heavy atom. The maximum Gasteiger partial charge on any atom is 0.191 e. The number of nitrogens with zero attached hydrogens (tertiary/aromatic N) is 4. The highest BCUT2D eigenvalue weighted by molar-refractivity contribution is 5.79. The summed E-state index contributed by atoms with van der Waals surface area (Å²) in [6.07, 6.45) is 6.40. The highest BCUT2D eigenvalue weighted by Crippen LogP contribution is 2.13. The van der Waals surface area contributed by atoms with Gasteiger partial charge in [-0.05, 0) is 60.8 Å². The molecule has 0 radical (unpaired) electrons. The minimum absolute atomic E-state index is 0.716. The molecule has 30 heavy (non-hydrogen) atoms. The van der Waals surface area contributed by atoms with Gasteiger partial charge in [0.25, 0.3) is 0 Å². The zero-order valence-electron chi connectivity index (χ0n) is 17.6. The SMILES string of the molecule is CN=C(NCc1ccc(CN2CCCC2)cc1)NCc1ccc(-n2cccn2)cc1. The molecule has 1 aromatic heterocycles. The standard InChI is InChI=1S/C24H30N6/c1-25-24(27-18-21-9-11-23(12-10-21)30-16-4-13-28-30)26-17-20-5-7-22(8-6-20)19-29-14-2-3-15-29/h4-13,16H,2-3,14-15,17-19H2,1H3,(H2,25,26,27). The highest BCUT2D eigenvalue weighted by Gasteiger charge is 2.11. The zero-order chi connectivity index (χ0) is 20.6. The number of benzene rings is 2. The van der Waals surface area contributed by atoms with E-state index in [0.29, 0.717) is 6.54 Å². The van der Waals surface area contributed by atoms with Crippen molar-refractivity contribution in [3.63, 3.8) is 0 Å². The summed E-state index contributed by atoms with van der Waals surface area (Å²) < 4.78 is 1.86. The van der Waals surface area contributed by atoms with E-state index in [4.69, 9.17) is 0 Å². The van der Waals surface area contributed by atoms with Crippen LogP contribution in [-0.2, 0) is 19.6 Å². The van der Waals surface area contributed by atoms with Crippen LogP contribution in [-0.4, -0.2) is 40.8 Å². The molecule has 0 aliphatic carbocycles. The van der Waals surface area contributed by atoms with Crippen molar-refractivity contribution in [3.05, 3.63) is 83.7 Å². The number of nitrogens with one attached hydrogen (secondary N) is 2. The summed E-state index contributed by atoms with van der Waals surface area (Å²) in [4.78, 5) is 6.86. The number of rotatable bonds is 7. The lowest BCUT2D eigenvalue weighted by Crippen LogP contribution is -2.36. The van der Waals surface area contributed by atoms with Crippen LogP contribution in [0.1, 0.15) is 29.5 Å². The fourth-order valence-corrected chi connectivity index (χ4v) is 3.74. The van der Waals surface area contributed by atoms with E-state index in [-0.39, 0.29) is 0 Å². The van der Waals surface area contributed by atoms with Gasteiger partial charge < -0.3 is 10.6 Å². The van der Waals surface area contributed by atoms with E-state index in [1.807, 2.05) is 16.9 Å². The normalized spacial score (nSPS) is 14.8. The molecule has 3 aromatic rings. The molecule has 0 amide bonds. The number of hydrogen-bond donors (Lipinski definition) is 2. The smallest absolute Gasteiger partial charge is 0.191 e. The Labute approximate surface area is 178 Å². The molecule has 0 bridgehead atoms. The van der Waals surface area contributed by atoms with Crippen LogP contribution in [0.3, 0.4) is 0 Å². The van der Waals surface area contributed by atoms with E-state index >= 15 is 0 Å². The summed E-state index contributed by atoms with van der Waals surface area (Å²) in [6, 6.07) is 19.2. The number of hydrogen-bond acceptors (Lipinski definition) is 3. The summed E-state index contributed by atoms with van der Waals surface area (Å²) in [7, 11) is 1.80. The third kappa shape index (κ3) is 5.48. The Hall–Kier alpha value is -3.12. The van der Waals surface area contributed by atoms with Crippen LogP contribution in [0.4, 0.5) is 0 Å². The van der Waals surface area contributed by atoms with Gasteiger partial charge in [-0.25, -0.2) is 4.68 Å². The molecule has 2 N–H and O–H groups in total. The first-order chi connectivity index (χ1) is 14.8. The predicted molar refractivity (Wildman–Crippen MR) is 122 cm³/mol. The average Bonchev–Trinajstić information content (AvgIpc) is 3.50. The van der Waals surface area contributed by atoms with Crippen molar-refractivity contribution in [1.82, 2.24) is 25.3 Å². The van der Waals surface area contributed by atoms with Crippen molar-refractivity contribution in [2.75, 3.05) is 20.1 Å². The lowest BCUT2D eigenvalue weighted by Gasteiger charge is -2.15. The molecular weight excluding hydrogens is 372 g/mol. The number of aliphatic imine (C=N–C) groups is 1. The molecule has 4 rings (SSSR count). The molecule has 0 unspecified atom stereocenters. The monoisotopic (exact) mass is 402 g/mol. The molecule has 2 heterocycles. The van der Waals surface area contributed by atoms with Crippen molar-refractivity contribution in [2.45, 2.75) is 32.5 Å². The first-order valence-electron chi connectivity index (χ1n) is 10.6. The fraction of sp³-hybridized carbons (Fsp3) is 0.333.